The summed E-state index contributed by atoms with van der Waals surface area (Å²) in [5, 5.41) is 0.0119. The van der Waals surface area contributed by atoms with Crippen LogP contribution in [0, 0.1) is 6.92 Å². The number of aldehydes is 1. The third-order valence-electron chi connectivity index (χ3n) is 1.49. The second kappa shape index (κ2) is 3.79. The molecule has 0 unspecified atom stereocenters. The van der Waals surface area contributed by atoms with E-state index in [1.165, 1.54) is 13.0 Å². The van der Waals surface area contributed by atoms with Crippen LogP contribution in [0.5, 0.6) is 0 Å². The molecule has 1 aromatic rings. The Kier molecular flexibility index (Phi) is 2.93. The highest BCUT2D eigenvalue weighted by Crippen LogP contribution is 2.25. The summed E-state index contributed by atoms with van der Waals surface area (Å²) >= 11 is 5.57. The van der Waals surface area contributed by atoms with Gasteiger partial charge in [-0.15, -0.1) is 0 Å². The molecule has 2 nitrogen and oxygen atoms in total. The zero-order valence-corrected chi connectivity index (χ0v) is 7.48. The van der Waals surface area contributed by atoms with E-state index in [1.807, 2.05) is 0 Å². The van der Waals surface area contributed by atoms with Gasteiger partial charge in [0.1, 0.15) is 5.69 Å². The minimum atomic E-state index is -2.78. The molecule has 70 valence electrons. The molecular formula is C8H6ClF2NO. The smallest absolute Gasteiger partial charge is 0.281 e. The molecule has 0 aromatic carbocycles. The van der Waals surface area contributed by atoms with Crippen molar-refractivity contribution in [3.63, 3.8) is 0 Å². The fourth-order valence-electron chi connectivity index (χ4n) is 0.949. The zero-order valence-electron chi connectivity index (χ0n) is 6.72. The van der Waals surface area contributed by atoms with Crippen LogP contribution in [0.3, 0.4) is 0 Å². The molecule has 1 rings (SSSR count). The lowest BCUT2D eigenvalue weighted by molar-refractivity contribution is 0.110. The average Bonchev–Trinajstić information content (AvgIpc) is 2.02. The van der Waals surface area contributed by atoms with Gasteiger partial charge in [-0.2, -0.15) is 0 Å². The first-order chi connectivity index (χ1) is 6.06. The molecule has 0 saturated heterocycles. The molecule has 0 N–H and O–H groups in total. The van der Waals surface area contributed by atoms with Crippen LogP contribution in [0.15, 0.2) is 6.07 Å². The van der Waals surface area contributed by atoms with Crippen LogP contribution in [-0.4, -0.2) is 11.3 Å². The Hall–Kier alpha value is -1.03. The third kappa shape index (κ3) is 2.01. The first-order valence-electron chi connectivity index (χ1n) is 3.46. The Morgan fingerprint density at radius 2 is 2.23 bits per heavy atom. The van der Waals surface area contributed by atoms with E-state index >= 15 is 0 Å². The normalized spacial score (nSPS) is 10.5. The van der Waals surface area contributed by atoms with Crippen LogP contribution < -0.4 is 0 Å². The Balaban J connectivity index is 3.38. The van der Waals surface area contributed by atoms with Crippen molar-refractivity contribution in [2.24, 2.45) is 0 Å². The van der Waals surface area contributed by atoms with Crippen molar-refractivity contribution >= 4 is 17.9 Å². The maximum atomic E-state index is 12.3. The molecule has 0 atom stereocenters. The van der Waals surface area contributed by atoms with Crippen molar-refractivity contribution in [3.05, 3.63) is 28.0 Å². The van der Waals surface area contributed by atoms with Gasteiger partial charge in [-0.05, 0) is 13.0 Å². The van der Waals surface area contributed by atoms with Gasteiger partial charge in [0.2, 0.25) is 0 Å². The topological polar surface area (TPSA) is 30.0 Å². The van der Waals surface area contributed by atoms with Gasteiger partial charge >= 0.3 is 0 Å². The molecule has 0 aliphatic carbocycles. The van der Waals surface area contributed by atoms with Gasteiger partial charge in [-0.3, -0.25) is 9.78 Å². The van der Waals surface area contributed by atoms with Gasteiger partial charge in [0.05, 0.1) is 10.6 Å². The van der Waals surface area contributed by atoms with Crippen LogP contribution >= 0.6 is 11.6 Å². The van der Waals surface area contributed by atoms with Gasteiger partial charge in [0, 0.05) is 5.69 Å². The number of pyridine rings is 1. The molecule has 0 bridgehead atoms. The number of aryl methyl sites for hydroxylation is 1. The monoisotopic (exact) mass is 205 g/mol. The number of aromatic nitrogens is 1. The Morgan fingerprint density at radius 3 is 2.69 bits per heavy atom. The average molecular weight is 206 g/mol. The molecule has 5 heteroatoms. The number of hydrogen-bond acceptors (Lipinski definition) is 2. The summed E-state index contributed by atoms with van der Waals surface area (Å²) in [5.74, 6) is 0. The SMILES string of the molecule is Cc1cc(Cl)c(C=O)c(C(F)F)n1. The summed E-state index contributed by atoms with van der Waals surface area (Å²) in [4.78, 5) is 13.9. The summed E-state index contributed by atoms with van der Waals surface area (Å²) in [5.41, 5.74) is -0.423. The number of halogens is 3. The number of nitrogens with zero attached hydrogens (tertiary/aromatic N) is 1. The molecule has 1 aromatic heterocycles. The fraction of sp³-hybridized carbons (Fsp3) is 0.250. The lowest BCUT2D eigenvalue weighted by Gasteiger charge is -2.05. The van der Waals surface area contributed by atoms with Gasteiger partial charge < -0.3 is 0 Å². The standard InChI is InChI=1S/C8H6ClF2NO/c1-4-2-6(9)5(3-13)7(12-4)8(10)11/h2-3,8H,1H3. The predicted octanol–water partition coefficient (Wildman–Crippen LogP) is 2.79. The van der Waals surface area contributed by atoms with Gasteiger partial charge in [0.25, 0.3) is 6.43 Å². The highest BCUT2D eigenvalue weighted by atomic mass is 35.5. The first-order valence-corrected chi connectivity index (χ1v) is 3.84. The summed E-state index contributed by atoms with van der Waals surface area (Å²) < 4.78 is 24.6. The minimum absolute atomic E-state index is 0.0119. The van der Waals surface area contributed by atoms with E-state index in [4.69, 9.17) is 11.6 Å². The van der Waals surface area contributed by atoms with Crippen molar-refractivity contribution in [1.82, 2.24) is 4.98 Å². The van der Waals surface area contributed by atoms with E-state index < -0.39 is 12.1 Å². The van der Waals surface area contributed by atoms with Crippen LogP contribution in [0.4, 0.5) is 8.78 Å². The molecule has 0 aliphatic rings. The van der Waals surface area contributed by atoms with Crippen LogP contribution in [0.1, 0.15) is 28.2 Å². The van der Waals surface area contributed by atoms with E-state index in [0.29, 0.717) is 5.69 Å². The van der Waals surface area contributed by atoms with E-state index in [1.54, 1.807) is 0 Å². The van der Waals surface area contributed by atoms with E-state index in [2.05, 4.69) is 4.98 Å². The number of carbonyl (C=O) groups excluding carboxylic acids is 1. The number of rotatable bonds is 2. The maximum absolute atomic E-state index is 12.3. The second-order valence-corrected chi connectivity index (χ2v) is 2.87. The lowest BCUT2D eigenvalue weighted by atomic mass is 10.2. The lowest BCUT2D eigenvalue weighted by Crippen LogP contribution is -2.00. The molecule has 13 heavy (non-hydrogen) atoms. The van der Waals surface area contributed by atoms with Gasteiger partial charge in [0.15, 0.2) is 6.29 Å². The van der Waals surface area contributed by atoms with E-state index in [0.717, 1.165) is 0 Å². The molecule has 0 fully saturated rings. The molecule has 0 radical (unpaired) electrons. The highest BCUT2D eigenvalue weighted by Gasteiger charge is 2.17. The number of alkyl halides is 2. The summed E-state index contributed by atoms with van der Waals surface area (Å²) in [6, 6.07) is 1.37. The molecule has 1 heterocycles. The van der Waals surface area contributed by atoms with Crippen molar-refractivity contribution in [3.8, 4) is 0 Å². The minimum Gasteiger partial charge on any atom is -0.298 e. The fourth-order valence-corrected chi connectivity index (χ4v) is 1.25. The highest BCUT2D eigenvalue weighted by molar-refractivity contribution is 6.33. The molecule has 0 aliphatic heterocycles. The van der Waals surface area contributed by atoms with Crippen molar-refractivity contribution in [2.75, 3.05) is 0 Å². The number of carbonyl (C=O) groups is 1. The second-order valence-electron chi connectivity index (χ2n) is 2.46. The third-order valence-corrected chi connectivity index (χ3v) is 1.80. The van der Waals surface area contributed by atoms with Gasteiger partial charge in [-0.1, -0.05) is 11.6 Å². The predicted molar refractivity (Wildman–Crippen MR) is 44.3 cm³/mol. The van der Waals surface area contributed by atoms with Gasteiger partial charge in [-0.25, -0.2) is 8.78 Å². The summed E-state index contributed by atoms with van der Waals surface area (Å²) in [6.45, 7) is 1.53. The van der Waals surface area contributed by atoms with Crippen molar-refractivity contribution < 1.29 is 13.6 Å². The van der Waals surface area contributed by atoms with Crippen LogP contribution in [0.25, 0.3) is 0 Å². The van der Waals surface area contributed by atoms with Crippen LogP contribution in [-0.2, 0) is 0 Å². The molecule has 0 amide bonds. The Morgan fingerprint density at radius 1 is 1.62 bits per heavy atom. The Labute approximate surface area is 78.5 Å². The first kappa shape index (κ1) is 10.1. The molecule has 0 saturated carbocycles. The molecular weight excluding hydrogens is 200 g/mol. The Bertz CT molecular complexity index is 341. The van der Waals surface area contributed by atoms with E-state index in [-0.39, 0.29) is 16.9 Å². The van der Waals surface area contributed by atoms with Crippen molar-refractivity contribution in [2.45, 2.75) is 13.3 Å². The zero-order chi connectivity index (χ0) is 10.0. The summed E-state index contributed by atoms with van der Waals surface area (Å²) in [6.07, 6.45) is -2.49. The summed E-state index contributed by atoms with van der Waals surface area (Å²) in [7, 11) is 0. The van der Waals surface area contributed by atoms with Crippen molar-refractivity contribution in [1.29, 1.82) is 0 Å². The van der Waals surface area contributed by atoms with E-state index in [9.17, 15) is 13.6 Å². The molecule has 0 spiro atoms. The van der Waals surface area contributed by atoms with Crippen LogP contribution in [0.2, 0.25) is 5.02 Å². The maximum Gasteiger partial charge on any atom is 0.281 e. The number of hydrogen-bond donors (Lipinski definition) is 0. The largest absolute Gasteiger partial charge is 0.298 e. The quantitative estimate of drug-likeness (QED) is 0.695.